The second-order valence-electron chi connectivity index (χ2n) is 7.93. The van der Waals surface area contributed by atoms with Gasteiger partial charge in [-0.05, 0) is 43.2 Å². The Morgan fingerprint density at radius 1 is 0.968 bits per heavy atom. The van der Waals surface area contributed by atoms with Crippen LogP contribution < -0.4 is 4.90 Å². The third-order valence-electron chi connectivity index (χ3n) is 5.97. The lowest BCUT2D eigenvalue weighted by atomic mass is 10.0. The van der Waals surface area contributed by atoms with Gasteiger partial charge in [-0.2, -0.15) is 0 Å². The first-order valence-corrected chi connectivity index (χ1v) is 10.6. The van der Waals surface area contributed by atoms with Gasteiger partial charge in [-0.15, -0.1) is 0 Å². The molecule has 1 fully saturated rings. The molecular formula is C24H27N3O4. The highest BCUT2D eigenvalue weighted by atomic mass is 16.5. The molecule has 4 rings (SSSR count). The SMILES string of the molecule is COCCCN1C(=O)c2ccc(C(=O)N3CCN(c4ccccc4C)CC3)cc2C1=O. The van der Waals surface area contributed by atoms with E-state index in [0.29, 0.717) is 49.4 Å². The van der Waals surface area contributed by atoms with E-state index in [9.17, 15) is 14.4 Å². The molecule has 0 aromatic heterocycles. The second kappa shape index (κ2) is 8.89. The van der Waals surface area contributed by atoms with Crippen LogP contribution in [0.15, 0.2) is 42.5 Å². The predicted molar refractivity (Wildman–Crippen MR) is 118 cm³/mol. The van der Waals surface area contributed by atoms with Crippen molar-refractivity contribution < 1.29 is 19.1 Å². The van der Waals surface area contributed by atoms with E-state index in [4.69, 9.17) is 4.74 Å². The number of anilines is 1. The van der Waals surface area contributed by atoms with Crippen molar-refractivity contribution in [2.75, 3.05) is 51.3 Å². The van der Waals surface area contributed by atoms with Crippen molar-refractivity contribution in [1.82, 2.24) is 9.80 Å². The van der Waals surface area contributed by atoms with E-state index in [2.05, 4.69) is 24.0 Å². The molecule has 7 nitrogen and oxygen atoms in total. The molecule has 0 radical (unpaired) electrons. The molecular weight excluding hydrogens is 394 g/mol. The Morgan fingerprint density at radius 2 is 1.68 bits per heavy atom. The van der Waals surface area contributed by atoms with Gasteiger partial charge in [-0.3, -0.25) is 19.3 Å². The lowest BCUT2D eigenvalue weighted by Crippen LogP contribution is -2.49. The highest BCUT2D eigenvalue weighted by Crippen LogP contribution is 2.26. The van der Waals surface area contributed by atoms with Crippen LogP contribution in [0.5, 0.6) is 0 Å². The number of methoxy groups -OCH3 is 1. The first-order valence-electron chi connectivity index (χ1n) is 10.6. The molecule has 162 valence electrons. The van der Waals surface area contributed by atoms with Crippen LogP contribution in [-0.4, -0.2) is 74.0 Å². The van der Waals surface area contributed by atoms with Crippen molar-refractivity contribution in [3.8, 4) is 0 Å². The number of amides is 3. The molecule has 0 unspecified atom stereocenters. The van der Waals surface area contributed by atoms with Crippen LogP contribution in [0.4, 0.5) is 5.69 Å². The van der Waals surface area contributed by atoms with Gasteiger partial charge in [0.05, 0.1) is 11.1 Å². The molecule has 2 aromatic carbocycles. The standard InChI is InChI=1S/C24H27N3O4/c1-17-6-3-4-7-21(17)25-11-13-26(14-12-25)22(28)18-8-9-19-20(16-18)24(30)27(23(19)29)10-5-15-31-2/h3-4,6-9,16H,5,10-15H2,1-2H3. The molecule has 1 saturated heterocycles. The minimum absolute atomic E-state index is 0.106. The Labute approximate surface area is 182 Å². The Kier molecular flexibility index (Phi) is 6.04. The van der Waals surface area contributed by atoms with Crippen LogP contribution in [0.1, 0.15) is 43.1 Å². The maximum absolute atomic E-state index is 13.1. The quantitative estimate of drug-likeness (QED) is 0.530. The summed E-state index contributed by atoms with van der Waals surface area (Å²) in [6, 6.07) is 13.1. The van der Waals surface area contributed by atoms with Gasteiger partial charge < -0.3 is 14.5 Å². The summed E-state index contributed by atoms with van der Waals surface area (Å²) in [6.07, 6.45) is 0.582. The third-order valence-corrected chi connectivity index (χ3v) is 5.97. The van der Waals surface area contributed by atoms with Crippen molar-refractivity contribution in [1.29, 1.82) is 0 Å². The molecule has 3 amide bonds. The molecule has 2 aliphatic heterocycles. The summed E-state index contributed by atoms with van der Waals surface area (Å²) < 4.78 is 5.01. The number of ether oxygens (including phenoxy) is 1. The highest BCUT2D eigenvalue weighted by Gasteiger charge is 2.36. The fourth-order valence-corrected chi connectivity index (χ4v) is 4.25. The summed E-state index contributed by atoms with van der Waals surface area (Å²) in [5.74, 6) is -0.748. The number of nitrogens with zero attached hydrogens (tertiary/aromatic N) is 3. The van der Waals surface area contributed by atoms with Crippen molar-refractivity contribution >= 4 is 23.4 Å². The largest absolute Gasteiger partial charge is 0.385 e. The van der Waals surface area contributed by atoms with Crippen molar-refractivity contribution in [3.63, 3.8) is 0 Å². The predicted octanol–water partition coefficient (Wildman–Crippen LogP) is 2.59. The van der Waals surface area contributed by atoms with Crippen molar-refractivity contribution in [2.45, 2.75) is 13.3 Å². The molecule has 0 bridgehead atoms. The number of benzene rings is 2. The average molecular weight is 421 g/mol. The molecule has 0 N–H and O–H groups in total. The molecule has 2 heterocycles. The van der Waals surface area contributed by atoms with Gasteiger partial charge in [-0.25, -0.2) is 0 Å². The minimum Gasteiger partial charge on any atom is -0.385 e. The van der Waals surface area contributed by atoms with Gasteiger partial charge in [0.1, 0.15) is 0 Å². The number of para-hydroxylation sites is 1. The number of aryl methyl sites for hydroxylation is 1. The van der Waals surface area contributed by atoms with E-state index in [1.54, 1.807) is 25.3 Å². The number of piperazine rings is 1. The van der Waals surface area contributed by atoms with Gasteiger partial charge in [0.2, 0.25) is 0 Å². The fourth-order valence-electron chi connectivity index (χ4n) is 4.25. The molecule has 0 saturated carbocycles. The zero-order valence-electron chi connectivity index (χ0n) is 18.0. The molecule has 0 atom stereocenters. The Hall–Kier alpha value is -3.19. The third kappa shape index (κ3) is 4.05. The normalized spacial score (nSPS) is 16.1. The lowest BCUT2D eigenvalue weighted by Gasteiger charge is -2.36. The summed E-state index contributed by atoms with van der Waals surface area (Å²) in [7, 11) is 1.58. The second-order valence-corrected chi connectivity index (χ2v) is 7.93. The summed E-state index contributed by atoms with van der Waals surface area (Å²) >= 11 is 0. The molecule has 2 aromatic rings. The van der Waals surface area contributed by atoms with Crippen LogP contribution in [0.25, 0.3) is 0 Å². The fraction of sp³-hybridized carbons (Fsp3) is 0.375. The first-order chi connectivity index (χ1) is 15.0. The molecule has 0 aliphatic carbocycles. The Morgan fingerprint density at radius 3 is 2.39 bits per heavy atom. The van der Waals surface area contributed by atoms with Crippen LogP contribution in [0.2, 0.25) is 0 Å². The topological polar surface area (TPSA) is 70.2 Å². The van der Waals surface area contributed by atoms with Gasteiger partial charge in [0.25, 0.3) is 17.7 Å². The van der Waals surface area contributed by atoms with E-state index in [-0.39, 0.29) is 17.7 Å². The summed E-state index contributed by atoms with van der Waals surface area (Å²) in [6.45, 7) is 5.61. The molecule has 0 spiro atoms. The highest BCUT2D eigenvalue weighted by molar-refractivity contribution is 6.22. The van der Waals surface area contributed by atoms with Gasteiger partial charge in [-0.1, -0.05) is 18.2 Å². The van der Waals surface area contributed by atoms with E-state index in [0.717, 1.165) is 13.1 Å². The van der Waals surface area contributed by atoms with Crippen LogP contribution in [-0.2, 0) is 4.74 Å². The van der Waals surface area contributed by atoms with Gasteiger partial charge >= 0.3 is 0 Å². The zero-order valence-corrected chi connectivity index (χ0v) is 18.0. The number of fused-ring (bicyclic) bond motifs is 1. The number of carbonyl (C=O) groups excluding carboxylic acids is 3. The Bertz CT molecular complexity index is 1010. The first kappa shape index (κ1) is 21.1. The van der Waals surface area contributed by atoms with E-state index in [1.807, 2.05) is 17.0 Å². The van der Waals surface area contributed by atoms with E-state index in [1.165, 1.54) is 16.2 Å². The summed E-state index contributed by atoms with van der Waals surface area (Å²) in [4.78, 5) is 43.7. The molecule has 2 aliphatic rings. The van der Waals surface area contributed by atoms with Gasteiger partial charge in [0, 0.05) is 57.7 Å². The Balaban J connectivity index is 1.44. The van der Waals surface area contributed by atoms with Crippen LogP contribution >= 0.6 is 0 Å². The molecule has 31 heavy (non-hydrogen) atoms. The zero-order chi connectivity index (χ0) is 22.0. The number of rotatable bonds is 6. The number of imide groups is 1. The van der Waals surface area contributed by atoms with Crippen LogP contribution in [0.3, 0.4) is 0 Å². The monoisotopic (exact) mass is 421 g/mol. The van der Waals surface area contributed by atoms with Crippen molar-refractivity contribution in [3.05, 3.63) is 64.7 Å². The number of hydrogen-bond donors (Lipinski definition) is 0. The lowest BCUT2D eigenvalue weighted by molar-refractivity contribution is 0.0638. The van der Waals surface area contributed by atoms with Gasteiger partial charge in [0.15, 0.2) is 0 Å². The van der Waals surface area contributed by atoms with Crippen molar-refractivity contribution in [2.24, 2.45) is 0 Å². The van der Waals surface area contributed by atoms with Crippen LogP contribution in [0, 0.1) is 6.92 Å². The van der Waals surface area contributed by atoms with E-state index < -0.39 is 0 Å². The maximum atomic E-state index is 13.1. The summed E-state index contributed by atoms with van der Waals surface area (Å²) in [5, 5.41) is 0. The van der Waals surface area contributed by atoms with E-state index >= 15 is 0 Å². The maximum Gasteiger partial charge on any atom is 0.261 e. The number of hydrogen-bond acceptors (Lipinski definition) is 5. The minimum atomic E-state index is -0.338. The number of carbonyl (C=O) groups is 3. The smallest absolute Gasteiger partial charge is 0.261 e. The summed E-state index contributed by atoms with van der Waals surface area (Å²) in [5.41, 5.74) is 3.54. The molecule has 7 heteroatoms. The average Bonchev–Trinajstić information content (AvgIpc) is 3.03.